The molecule has 0 aromatic carbocycles. The van der Waals surface area contributed by atoms with E-state index in [9.17, 15) is 0 Å². The lowest BCUT2D eigenvalue weighted by Crippen LogP contribution is -2.38. The van der Waals surface area contributed by atoms with E-state index in [0.717, 1.165) is 32.2 Å². The van der Waals surface area contributed by atoms with Crippen molar-refractivity contribution in [2.45, 2.75) is 19.8 Å². The Balaban J connectivity index is 1.95. The monoisotopic (exact) mass is 200 g/mol. The molecular formula is C11H24N2O. The topological polar surface area (TPSA) is 24.5 Å². The molecule has 1 saturated heterocycles. The third-order valence-corrected chi connectivity index (χ3v) is 2.78. The number of nitrogens with zero attached hydrogens (tertiary/aromatic N) is 1. The van der Waals surface area contributed by atoms with Crippen molar-refractivity contribution in [2.75, 3.05) is 46.4 Å². The number of ether oxygens (including phenoxy) is 1. The molecule has 1 aliphatic heterocycles. The molecule has 1 rings (SSSR count). The standard InChI is InChI=1S/C11H24N2O/c1-3-14-8-6-12-9-11-5-4-7-13(2)10-11/h11-12H,3-10H2,1-2H3. The van der Waals surface area contributed by atoms with Gasteiger partial charge in [-0.3, -0.25) is 0 Å². The van der Waals surface area contributed by atoms with Gasteiger partial charge in [-0.25, -0.2) is 0 Å². The number of rotatable bonds is 6. The van der Waals surface area contributed by atoms with E-state index in [1.165, 1.54) is 25.9 Å². The van der Waals surface area contributed by atoms with Crippen LogP contribution in [0.1, 0.15) is 19.8 Å². The van der Waals surface area contributed by atoms with E-state index in [4.69, 9.17) is 4.74 Å². The fourth-order valence-corrected chi connectivity index (χ4v) is 2.03. The van der Waals surface area contributed by atoms with Crippen molar-refractivity contribution in [1.29, 1.82) is 0 Å². The fraction of sp³-hybridized carbons (Fsp3) is 1.00. The highest BCUT2D eigenvalue weighted by Gasteiger charge is 2.15. The molecular weight excluding hydrogens is 176 g/mol. The Labute approximate surface area is 87.8 Å². The Morgan fingerprint density at radius 1 is 1.50 bits per heavy atom. The molecule has 0 radical (unpaired) electrons. The van der Waals surface area contributed by atoms with Crippen molar-refractivity contribution in [1.82, 2.24) is 10.2 Å². The lowest BCUT2D eigenvalue weighted by molar-refractivity contribution is 0.145. The van der Waals surface area contributed by atoms with Gasteiger partial charge in [0.25, 0.3) is 0 Å². The number of nitrogens with one attached hydrogen (secondary N) is 1. The van der Waals surface area contributed by atoms with Crippen LogP contribution in [0.2, 0.25) is 0 Å². The van der Waals surface area contributed by atoms with Gasteiger partial charge in [-0.05, 0) is 45.8 Å². The van der Waals surface area contributed by atoms with Crippen molar-refractivity contribution < 1.29 is 4.74 Å². The van der Waals surface area contributed by atoms with Crippen LogP contribution < -0.4 is 5.32 Å². The van der Waals surface area contributed by atoms with Gasteiger partial charge in [-0.15, -0.1) is 0 Å². The number of hydrogen-bond donors (Lipinski definition) is 1. The van der Waals surface area contributed by atoms with Gasteiger partial charge in [-0.2, -0.15) is 0 Å². The van der Waals surface area contributed by atoms with Crippen LogP contribution in [-0.4, -0.2) is 51.3 Å². The Bertz CT molecular complexity index is 141. The quantitative estimate of drug-likeness (QED) is 0.646. The summed E-state index contributed by atoms with van der Waals surface area (Å²) >= 11 is 0. The molecule has 84 valence electrons. The predicted molar refractivity (Wildman–Crippen MR) is 59.6 cm³/mol. The smallest absolute Gasteiger partial charge is 0.0590 e. The first-order chi connectivity index (χ1) is 6.83. The molecule has 1 fully saturated rings. The van der Waals surface area contributed by atoms with Crippen molar-refractivity contribution in [3.8, 4) is 0 Å². The minimum Gasteiger partial charge on any atom is -0.380 e. The highest BCUT2D eigenvalue weighted by Crippen LogP contribution is 2.13. The van der Waals surface area contributed by atoms with E-state index in [1.807, 2.05) is 6.92 Å². The van der Waals surface area contributed by atoms with E-state index in [-0.39, 0.29) is 0 Å². The van der Waals surface area contributed by atoms with Crippen LogP contribution in [0.5, 0.6) is 0 Å². The van der Waals surface area contributed by atoms with Crippen molar-refractivity contribution >= 4 is 0 Å². The molecule has 1 aliphatic rings. The van der Waals surface area contributed by atoms with Crippen molar-refractivity contribution in [3.05, 3.63) is 0 Å². The van der Waals surface area contributed by atoms with Crippen LogP contribution >= 0.6 is 0 Å². The molecule has 0 aromatic heterocycles. The molecule has 0 aliphatic carbocycles. The summed E-state index contributed by atoms with van der Waals surface area (Å²) in [5.41, 5.74) is 0. The van der Waals surface area contributed by atoms with Gasteiger partial charge in [0.05, 0.1) is 6.61 Å². The molecule has 1 N–H and O–H groups in total. The van der Waals surface area contributed by atoms with Gasteiger partial charge in [-0.1, -0.05) is 0 Å². The molecule has 1 atom stereocenters. The second kappa shape index (κ2) is 7.21. The van der Waals surface area contributed by atoms with E-state index < -0.39 is 0 Å². The van der Waals surface area contributed by atoms with Crippen LogP contribution in [0, 0.1) is 5.92 Å². The molecule has 0 bridgehead atoms. The maximum atomic E-state index is 5.27. The Morgan fingerprint density at radius 3 is 3.07 bits per heavy atom. The highest BCUT2D eigenvalue weighted by molar-refractivity contribution is 4.72. The molecule has 0 saturated carbocycles. The molecule has 14 heavy (non-hydrogen) atoms. The first-order valence-corrected chi connectivity index (χ1v) is 5.80. The summed E-state index contributed by atoms with van der Waals surface area (Å²) in [5.74, 6) is 0.843. The van der Waals surface area contributed by atoms with E-state index in [0.29, 0.717) is 0 Å². The summed E-state index contributed by atoms with van der Waals surface area (Å²) in [5, 5.41) is 3.46. The lowest BCUT2D eigenvalue weighted by Gasteiger charge is -2.29. The second-order valence-corrected chi connectivity index (χ2v) is 4.17. The third kappa shape index (κ3) is 4.94. The predicted octanol–water partition coefficient (Wildman–Crippen LogP) is 0.954. The third-order valence-electron chi connectivity index (χ3n) is 2.78. The largest absolute Gasteiger partial charge is 0.380 e. The summed E-state index contributed by atoms with van der Waals surface area (Å²) in [6.45, 7) is 8.38. The summed E-state index contributed by atoms with van der Waals surface area (Å²) in [6, 6.07) is 0. The molecule has 3 heteroatoms. The van der Waals surface area contributed by atoms with Crippen LogP contribution in [0.3, 0.4) is 0 Å². The zero-order valence-electron chi connectivity index (χ0n) is 9.59. The molecule has 1 unspecified atom stereocenters. The van der Waals surface area contributed by atoms with Gasteiger partial charge in [0, 0.05) is 19.7 Å². The van der Waals surface area contributed by atoms with Gasteiger partial charge in [0.2, 0.25) is 0 Å². The normalized spacial score (nSPS) is 24.0. The zero-order chi connectivity index (χ0) is 10.2. The molecule has 0 aromatic rings. The van der Waals surface area contributed by atoms with Gasteiger partial charge in [0.15, 0.2) is 0 Å². The number of likely N-dealkylation sites (tertiary alicyclic amines) is 1. The lowest BCUT2D eigenvalue weighted by atomic mass is 9.98. The van der Waals surface area contributed by atoms with E-state index in [1.54, 1.807) is 0 Å². The van der Waals surface area contributed by atoms with Crippen LogP contribution in [0.15, 0.2) is 0 Å². The summed E-state index contributed by atoms with van der Waals surface area (Å²) in [7, 11) is 2.21. The maximum Gasteiger partial charge on any atom is 0.0590 e. The zero-order valence-corrected chi connectivity index (χ0v) is 9.59. The SMILES string of the molecule is CCOCCNCC1CCCN(C)C1. The van der Waals surface area contributed by atoms with Crippen LogP contribution in [-0.2, 0) is 4.74 Å². The first-order valence-electron chi connectivity index (χ1n) is 5.80. The van der Waals surface area contributed by atoms with Crippen LogP contribution in [0.4, 0.5) is 0 Å². The van der Waals surface area contributed by atoms with Crippen molar-refractivity contribution in [3.63, 3.8) is 0 Å². The summed E-state index contributed by atoms with van der Waals surface area (Å²) in [4.78, 5) is 2.43. The minimum atomic E-state index is 0.827. The van der Waals surface area contributed by atoms with E-state index >= 15 is 0 Å². The first kappa shape index (κ1) is 12.0. The minimum absolute atomic E-state index is 0.827. The van der Waals surface area contributed by atoms with Crippen LogP contribution in [0.25, 0.3) is 0 Å². The fourth-order valence-electron chi connectivity index (χ4n) is 2.03. The molecule has 0 spiro atoms. The average Bonchev–Trinajstić information content (AvgIpc) is 2.18. The summed E-state index contributed by atoms with van der Waals surface area (Å²) in [6.07, 6.45) is 2.74. The summed E-state index contributed by atoms with van der Waals surface area (Å²) < 4.78 is 5.27. The Hall–Kier alpha value is -0.120. The second-order valence-electron chi connectivity index (χ2n) is 4.17. The van der Waals surface area contributed by atoms with Crippen molar-refractivity contribution in [2.24, 2.45) is 5.92 Å². The number of hydrogen-bond acceptors (Lipinski definition) is 3. The molecule has 1 heterocycles. The van der Waals surface area contributed by atoms with E-state index in [2.05, 4.69) is 17.3 Å². The highest BCUT2D eigenvalue weighted by atomic mass is 16.5. The van der Waals surface area contributed by atoms with Gasteiger partial charge < -0.3 is 15.0 Å². The maximum absolute atomic E-state index is 5.27. The Morgan fingerprint density at radius 2 is 2.36 bits per heavy atom. The Kier molecular flexibility index (Phi) is 6.15. The average molecular weight is 200 g/mol. The molecule has 0 amide bonds. The van der Waals surface area contributed by atoms with Gasteiger partial charge >= 0.3 is 0 Å². The molecule has 3 nitrogen and oxygen atoms in total. The number of piperidine rings is 1. The van der Waals surface area contributed by atoms with Gasteiger partial charge in [0.1, 0.15) is 0 Å².